The predicted molar refractivity (Wildman–Crippen MR) is 85.7 cm³/mol. The number of aromatic nitrogens is 4. The first-order chi connectivity index (χ1) is 10.3. The van der Waals surface area contributed by atoms with Crippen molar-refractivity contribution in [1.29, 1.82) is 0 Å². The zero-order valence-electron chi connectivity index (χ0n) is 12.9. The maximum Gasteiger partial charge on any atom is 0.226 e. The molecule has 2 N–H and O–H groups in total. The minimum absolute atomic E-state index is 0.575. The summed E-state index contributed by atoms with van der Waals surface area (Å²) in [5, 5.41) is 11.4. The Kier molecular flexibility index (Phi) is 4.22. The fourth-order valence-corrected chi connectivity index (χ4v) is 3.06. The molecule has 3 rings (SSSR count). The number of rotatable bonds is 5. The van der Waals surface area contributed by atoms with Gasteiger partial charge in [-0.3, -0.25) is 5.10 Å². The molecular weight excluding hydrogens is 264 g/mol. The van der Waals surface area contributed by atoms with Crippen LogP contribution in [0.4, 0.5) is 11.8 Å². The van der Waals surface area contributed by atoms with Crippen molar-refractivity contribution in [2.24, 2.45) is 0 Å². The second-order valence-corrected chi connectivity index (χ2v) is 5.68. The Morgan fingerprint density at radius 3 is 3.05 bits per heavy atom. The Balaban J connectivity index is 2.00. The molecule has 0 saturated carbocycles. The van der Waals surface area contributed by atoms with Crippen LogP contribution in [0.3, 0.4) is 0 Å². The summed E-state index contributed by atoms with van der Waals surface area (Å²) in [7, 11) is 0. The lowest BCUT2D eigenvalue weighted by Crippen LogP contribution is -2.39. The Labute approximate surface area is 125 Å². The maximum atomic E-state index is 4.78. The highest BCUT2D eigenvalue weighted by Gasteiger charge is 2.25. The summed E-state index contributed by atoms with van der Waals surface area (Å²) >= 11 is 0. The van der Waals surface area contributed by atoms with Crippen LogP contribution in [-0.2, 0) is 0 Å². The monoisotopic (exact) mass is 288 g/mol. The van der Waals surface area contributed by atoms with Gasteiger partial charge in [-0.1, -0.05) is 13.8 Å². The van der Waals surface area contributed by atoms with Crippen LogP contribution in [0.25, 0.3) is 11.0 Å². The van der Waals surface area contributed by atoms with Crippen molar-refractivity contribution in [2.45, 2.75) is 52.0 Å². The molecule has 2 aromatic heterocycles. The number of nitrogens with one attached hydrogen (secondary N) is 2. The van der Waals surface area contributed by atoms with Crippen molar-refractivity contribution >= 4 is 22.8 Å². The van der Waals surface area contributed by atoms with Crippen LogP contribution in [0.2, 0.25) is 0 Å². The molecular formula is C15H24N6. The highest BCUT2D eigenvalue weighted by Crippen LogP contribution is 2.30. The first kappa shape index (κ1) is 14.1. The maximum absolute atomic E-state index is 4.78. The summed E-state index contributed by atoms with van der Waals surface area (Å²) in [6, 6.07) is 0.575. The van der Waals surface area contributed by atoms with Crippen LogP contribution in [0.5, 0.6) is 0 Å². The van der Waals surface area contributed by atoms with Crippen LogP contribution < -0.4 is 10.2 Å². The molecule has 1 saturated heterocycles. The highest BCUT2D eigenvalue weighted by atomic mass is 15.3. The third-order valence-electron chi connectivity index (χ3n) is 4.19. The van der Waals surface area contributed by atoms with Crippen LogP contribution in [0.1, 0.15) is 46.0 Å². The van der Waals surface area contributed by atoms with E-state index in [4.69, 9.17) is 4.98 Å². The van der Waals surface area contributed by atoms with E-state index in [1.54, 1.807) is 0 Å². The zero-order chi connectivity index (χ0) is 14.7. The molecule has 6 heteroatoms. The zero-order valence-corrected chi connectivity index (χ0v) is 12.9. The Morgan fingerprint density at radius 2 is 2.24 bits per heavy atom. The Hall–Kier alpha value is -1.85. The smallest absolute Gasteiger partial charge is 0.226 e. The average molecular weight is 288 g/mol. The molecule has 1 aliphatic rings. The van der Waals surface area contributed by atoms with Gasteiger partial charge in [0.15, 0.2) is 5.65 Å². The van der Waals surface area contributed by atoms with Gasteiger partial charge in [-0.25, -0.2) is 0 Å². The third kappa shape index (κ3) is 2.80. The molecule has 0 amide bonds. The summed E-state index contributed by atoms with van der Waals surface area (Å²) < 4.78 is 0. The van der Waals surface area contributed by atoms with E-state index in [2.05, 4.69) is 39.2 Å². The molecule has 1 unspecified atom stereocenters. The molecule has 2 aromatic rings. The topological polar surface area (TPSA) is 69.7 Å². The standard InChI is InChI=1S/C15H24N6/c1-3-8-16-15-18-13-12(10-17-20-13)14(19-15)21-9-6-5-7-11(21)4-2/h10-11H,3-9H2,1-2H3,(H2,16,17,18,19,20). The average Bonchev–Trinajstić information content (AvgIpc) is 3.00. The normalized spacial score (nSPS) is 19.1. The van der Waals surface area contributed by atoms with Gasteiger partial charge in [-0.2, -0.15) is 15.1 Å². The summed E-state index contributed by atoms with van der Waals surface area (Å²) in [5.41, 5.74) is 0.819. The van der Waals surface area contributed by atoms with Crippen LogP contribution in [-0.4, -0.2) is 39.3 Å². The lowest BCUT2D eigenvalue weighted by molar-refractivity contribution is 0.448. The van der Waals surface area contributed by atoms with Crippen molar-refractivity contribution in [3.63, 3.8) is 0 Å². The molecule has 0 aliphatic carbocycles. The summed E-state index contributed by atoms with van der Waals surface area (Å²) in [5.74, 6) is 1.72. The first-order valence-electron chi connectivity index (χ1n) is 8.05. The summed E-state index contributed by atoms with van der Waals surface area (Å²) in [4.78, 5) is 11.7. The number of fused-ring (bicyclic) bond motifs is 1. The number of piperidine rings is 1. The molecule has 0 radical (unpaired) electrons. The van der Waals surface area contributed by atoms with Crippen LogP contribution in [0, 0.1) is 0 Å². The molecule has 3 heterocycles. The lowest BCUT2D eigenvalue weighted by Gasteiger charge is -2.36. The van der Waals surface area contributed by atoms with E-state index in [-0.39, 0.29) is 0 Å². The largest absolute Gasteiger partial charge is 0.354 e. The van der Waals surface area contributed by atoms with E-state index >= 15 is 0 Å². The van der Waals surface area contributed by atoms with E-state index in [0.29, 0.717) is 12.0 Å². The van der Waals surface area contributed by atoms with Crippen molar-refractivity contribution in [3.8, 4) is 0 Å². The predicted octanol–water partition coefficient (Wildman–Crippen LogP) is 2.94. The molecule has 1 atom stereocenters. The van der Waals surface area contributed by atoms with Gasteiger partial charge in [-0.15, -0.1) is 0 Å². The van der Waals surface area contributed by atoms with Gasteiger partial charge < -0.3 is 10.2 Å². The Bertz CT molecular complexity index is 593. The highest BCUT2D eigenvalue weighted by molar-refractivity contribution is 5.87. The van der Waals surface area contributed by atoms with E-state index in [1.807, 2.05) is 6.20 Å². The lowest BCUT2D eigenvalue weighted by atomic mass is 10.00. The van der Waals surface area contributed by atoms with Crippen molar-refractivity contribution in [2.75, 3.05) is 23.3 Å². The van der Waals surface area contributed by atoms with Crippen molar-refractivity contribution in [3.05, 3.63) is 6.20 Å². The van der Waals surface area contributed by atoms with E-state index in [9.17, 15) is 0 Å². The molecule has 6 nitrogen and oxygen atoms in total. The van der Waals surface area contributed by atoms with E-state index in [0.717, 1.165) is 42.8 Å². The van der Waals surface area contributed by atoms with Gasteiger partial charge in [-0.05, 0) is 32.1 Å². The van der Waals surface area contributed by atoms with Gasteiger partial charge in [0.25, 0.3) is 0 Å². The van der Waals surface area contributed by atoms with Gasteiger partial charge in [0.2, 0.25) is 5.95 Å². The number of hydrogen-bond donors (Lipinski definition) is 2. The number of hydrogen-bond acceptors (Lipinski definition) is 5. The summed E-state index contributed by atoms with van der Waals surface area (Å²) in [6.07, 6.45) is 7.85. The van der Waals surface area contributed by atoms with E-state index in [1.165, 1.54) is 19.3 Å². The number of anilines is 2. The van der Waals surface area contributed by atoms with Crippen molar-refractivity contribution in [1.82, 2.24) is 20.2 Å². The molecule has 1 aliphatic heterocycles. The van der Waals surface area contributed by atoms with Gasteiger partial charge in [0.1, 0.15) is 5.82 Å². The van der Waals surface area contributed by atoms with Gasteiger partial charge in [0, 0.05) is 19.1 Å². The Morgan fingerprint density at radius 1 is 1.33 bits per heavy atom. The summed E-state index contributed by atoms with van der Waals surface area (Å²) in [6.45, 7) is 6.35. The second kappa shape index (κ2) is 6.28. The third-order valence-corrected chi connectivity index (χ3v) is 4.19. The van der Waals surface area contributed by atoms with Gasteiger partial charge in [0.05, 0.1) is 11.6 Å². The second-order valence-electron chi connectivity index (χ2n) is 5.68. The number of nitrogens with zero attached hydrogens (tertiary/aromatic N) is 4. The molecule has 0 aromatic carbocycles. The number of H-pyrrole nitrogens is 1. The van der Waals surface area contributed by atoms with Crippen molar-refractivity contribution < 1.29 is 0 Å². The molecule has 0 spiro atoms. The van der Waals surface area contributed by atoms with Gasteiger partial charge >= 0.3 is 0 Å². The fraction of sp³-hybridized carbons (Fsp3) is 0.667. The SMILES string of the molecule is CCCNc1nc(N2CCCCC2CC)c2cn[nH]c2n1. The molecule has 0 bridgehead atoms. The molecule has 114 valence electrons. The quantitative estimate of drug-likeness (QED) is 0.885. The fourth-order valence-electron chi connectivity index (χ4n) is 3.06. The molecule has 1 fully saturated rings. The number of aromatic amines is 1. The minimum Gasteiger partial charge on any atom is -0.354 e. The first-order valence-corrected chi connectivity index (χ1v) is 8.05. The van der Waals surface area contributed by atoms with Crippen LogP contribution >= 0.6 is 0 Å². The molecule has 21 heavy (non-hydrogen) atoms. The van der Waals surface area contributed by atoms with E-state index < -0.39 is 0 Å². The van der Waals surface area contributed by atoms with Crippen LogP contribution in [0.15, 0.2) is 6.20 Å². The minimum atomic E-state index is 0.575.